The van der Waals surface area contributed by atoms with Crippen LogP contribution in [-0.4, -0.2) is 44.6 Å². The molecule has 226 valence electrons. The van der Waals surface area contributed by atoms with Crippen molar-refractivity contribution < 1.29 is 24.3 Å². The highest BCUT2D eigenvalue weighted by molar-refractivity contribution is 5.66. The first-order valence-corrected chi connectivity index (χ1v) is 16.0. The van der Waals surface area contributed by atoms with Crippen molar-refractivity contribution in [3.8, 4) is 0 Å². The Hall–Kier alpha value is -2.25. The fraction of sp³-hybridized carbons (Fsp3) is 0.735. The van der Waals surface area contributed by atoms with Crippen LogP contribution in [0, 0.1) is 23.2 Å². The Morgan fingerprint density at radius 2 is 2.00 bits per heavy atom. The van der Waals surface area contributed by atoms with Crippen molar-refractivity contribution in [2.45, 2.75) is 135 Å². The predicted octanol–water partition coefficient (Wildman–Crippen LogP) is 6.54. The summed E-state index contributed by atoms with van der Waals surface area (Å²) >= 11 is 0. The van der Waals surface area contributed by atoms with Crippen molar-refractivity contribution >= 4 is 5.97 Å². The topological polar surface area (TPSA) is 106 Å². The zero-order chi connectivity index (χ0) is 29.4. The summed E-state index contributed by atoms with van der Waals surface area (Å²) < 4.78 is 11.7. The molecule has 0 bridgehead atoms. The van der Waals surface area contributed by atoms with Gasteiger partial charge in [0.1, 0.15) is 6.10 Å². The van der Waals surface area contributed by atoms with Gasteiger partial charge in [0, 0.05) is 19.8 Å². The van der Waals surface area contributed by atoms with Crippen LogP contribution in [0.25, 0.3) is 0 Å². The maximum absolute atomic E-state index is 12.1. The van der Waals surface area contributed by atoms with Crippen molar-refractivity contribution in [3.63, 3.8) is 0 Å². The maximum Gasteiger partial charge on any atom is 0.302 e. The van der Waals surface area contributed by atoms with Gasteiger partial charge in [-0.1, -0.05) is 50.2 Å². The number of aliphatic hydroxyl groups is 2. The van der Waals surface area contributed by atoms with Crippen LogP contribution in [0.1, 0.15) is 116 Å². The predicted molar refractivity (Wildman–Crippen MR) is 158 cm³/mol. The molecule has 4 aliphatic carbocycles. The minimum atomic E-state index is -0.652. The Kier molecular flexibility index (Phi) is 8.96. The molecule has 4 saturated carbocycles. The molecule has 1 aromatic rings. The number of aromatic nitrogens is 2. The third-order valence-electron chi connectivity index (χ3n) is 11.0. The second kappa shape index (κ2) is 12.2. The Morgan fingerprint density at radius 1 is 1.22 bits per heavy atom. The highest BCUT2D eigenvalue weighted by Gasteiger charge is 2.57. The lowest BCUT2D eigenvalue weighted by atomic mass is 9.60. The molecule has 1 heterocycles. The van der Waals surface area contributed by atoms with Crippen LogP contribution in [0.4, 0.5) is 0 Å². The summed E-state index contributed by atoms with van der Waals surface area (Å²) in [5, 5.41) is 24.6. The standard InChI is InChI=1S/C34H50N2O5/c1-6-8-31-35-32(41-36-31)34(17-18-34)30(40-23(4)37)15-10-21(2)27-13-14-28-24(9-7-16-33(27,28)5)11-12-25-19-26(38)20-29(39)22(25)3/h11-12,21,26-30,38-39H,3,6-10,13-20H2,1-2,4-5H3/b24-11+,25-12-/t21-,26-,27-,28+,29+,30-,33-/m1/s1. The van der Waals surface area contributed by atoms with Gasteiger partial charge in [-0.2, -0.15) is 4.98 Å². The van der Waals surface area contributed by atoms with Crippen LogP contribution in [0.5, 0.6) is 0 Å². The number of ether oxygens (including phenoxy) is 1. The number of carbonyl (C=O) groups excluding carboxylic acids is 1. The van der Waals surface area contributed by atoms with E-state index in [2.05, 4.69) is 44.7 Å². The molecule has 0 saturated heterocycles. The molecule has 0 radical (unpaired) electrons. The molecule has 0 aliphatic heterocycles. The van der Waals surface area contributed by atoms with Crippen molar-refractivity contribution in [2.75, 3.05) is 0 Å². The van der Waals surface area contributed by atoms with Gasteiger partial charge in [-0.3, -0.25) is 4.79 Å². The Morgan fingerprint density at radius 3 is 2.71 bits per heavy atom. The van der Waals surface area contributed by atoms with Gasteiger partial charge in [-0.05, 0) is 105 Å². The number of esters is 1. The summed E-state index contributed by atoms with van der Waals surface area (Å²) in [5.41, 5.74) is 3.16. The average Bonchev–Trinajstić information content (AvgIpc) is 3.45. The van der Waals surface area contributed by atoms with Crippen molar-refractivity contribution in [1.29, 1.82) is 0 Å². The SMILES string of the molecule is C=C1/C(=C\C=C2/CCC[C@]3(C)[C@@H]([C@H](C)CC[C@@H](OC(C)=O)C4(c5nc(CCC)no5)CC4)CC[C@@H]23)C[C@@H](O)C[C@@H]1O. The molecule has 2 N–H and O–H groups in total. The number of hydrogen-bond donors (Lipinski definition) is 2. The molecule has 5 rings (SSSR count). The lowest BCUT2D eigenvalue weighted by Crippen LogP contribution is -2.37. The van der Waals surface area contributed by atoms with Gasteiger partial charge in [0.2, 0.25) is 5.89 Å². The minimum Gasteiger partial charge on any atom is -0.461 e. The van der Waals surface area contributed by atoms with Gasteiger partial charge in [0.25, 0.3) is 0 Å². The van der Waals surface area contributed by atoms with Crippen LogP contribution in [-0.2, 0) is 21.4 Å². The molecule has 0 unspecified atom stereocenters. The largest absolute Gasteiger partial charge is 0.461 e. The van der Waals surface area contributed by atoms with E-state index in [-0.39, 0.29) is 22.9 Å². The van der Waals surface area contributed by atoms with E-state index in [9.17, 15) is 15.0 Å². The summed E-state index contributed by atoms with van der Waals surface area (Å²) in [6, 6.07) is 0. The van der Waals surface area contributed by atoms with Crippen molar-refractivity contribution in [3.05, 3.63) is 47.2 Å². The first kappa shape index (κ1) is 30.2. The number of allylic oxidation sites excluding steroid dienone is 3. The van der Waals surface area contributed by atoms with Gasteiger partial charge in [0.15, 0.2) is 5.82 Å². The first-order valence-electron chi connectivity index (χ1n) is 16.0. The molecule has 4 aliphatic rings. The van der Waals surface area contributed by atoms with Crippen molar-refractivity contribution in [1.82, 2.24) is 10.1 Å². The minimum absolute atomic E-state index is 0.231. The number of fused-ring (bicyclic) bond motifs is 1. The summed E-state index contributed by atoms with van der Waals surface area (Å²) in [7, 11) is 0. The highest BCUT2D eigenvalue weighted by Crippen LogP contribution is 2.60. The Bertz CT molecular complexity index is 1180. The molecule has 7 heteroatoms. The van der Waals surface area contributed by atoms with Gasteiger partial charge in [-0.15, -0.1) is 0 Å². The number of carbonyl (C=O) groups is 1. The van der Waals surface area contributed by atoms with Gasteiger partial charge >= 0.3 is 5.97 Å². The van der Waals surface area contributed by atoms with Gasteiger partial charge < -0.3 is 19.5 Å². The van der Waals surface area contributed by atoms with Crippen LogP contribution in [0.15, 0.2) is 40.0 Å². The summed E-state index contributed by atoms with van der Waals surface area (Å²) in [4.78, 5) is 16.8. The van der Waals surface area contributed by atoms with E-state index in [4.69, 9.17) is 14.2 Å². The fourth-order valence-electron chi connectivity index (χ4n) is 8.53. The van der Waals surface area contributed by atoms with Crippen LogP contribution in [0.3, 0.4) is 0 Å². The Labute approximate surface area is 245 Å². The zero-order valence-electron chi connectivity index (χ0n) is 25.5. The third-order valence-corrected chi connectivity index (χ3v) is 11.0. The number of nitrogens with zero attached hydrogens (tertiary/aromatic N) is 2. The van der Waals surface area contributed by atoms with Gasteiger partial charge in [0.05, 0.1) is 17.6 Å². The molecule has 0 aromatic carbocycles. The number of hydrogen-bond acceptors (Lipinski definition) is 7. The molecular formula is C34H50N2O5. The van der Waals surface area contributed by atoms with Crippen LogP contribution in [0.2, 0.25) is 0 Å². The van der Waals surface area contributed by atoms with E-state index in [0.717, 1.165) is 61.9 Å². The Balaban J connectivity index is 1.27. The smallest absolute Gasteiger partial charge is 0.302 e. The average molecular weight is 567 g/mol. The van der Waals surface area contributed by atoms with E-state index in [1.807, 2.05) is 0 Å². The van der Waals surface area contributed by atoms with Crippen LogP contribution < -0.4 is 0 Å². The molecule has 1 aromatic heterocycles. The third kappa shape index (κ3) is 6.13. The van der Waals surface area contributed by atoms with Gasteiger partial charge in [-0.25, -0.2) is 0 Å². The highest BCUT2D eigenvalue weighted by atomic mass is 16.5. The molecule has 0 amide bonds. The number of rotatable bonds is 10. The maximum atomic E-state index is 12.1. The quantitative estimate of drug-likeness (QED) is 0.310. The van der Waals surface area contributed by atoms with E-state index in [1.54, 1.807) is 0 Å². The first-order chi connectivity index (χ1) is 19.6. The molecule has 7 nitrogen and oxygen atoms in total. The molecule has 4 fully saturated rings. The molecule has 0 spiro atoms. The van der Waals surface area contributed by atoms with E-state index in [0.29, 0.717) is 36.5 Å². The van der Waals surface area contributed by atoms with E-state index < -0.39 is 12.2 Å². The molecule has 41 heavy (non-hydrogen) atoms. The van der Waals surface area contributed by atoms with E-state index in [1.165, 1.54) is 38.2 Å². The van der Waals surface area contributed by atoms with Crippen molar-refractivity contribution in [2.24, 2.45) is 23.2 Å². The lowest BCUT2D eigenvalue weighted by Gasteiger charge is -2.44. The fourth-order valence-corrected chi connectivity index (χ4v) is 8.53. The second-order valence-corrected chi connectivity index (χ2v) is 13.7. The number of aryl methyl sites for hydroxylation is 1. The summed E-state index contributed by atoms with van der Waals surface area (Å²) in [6.07, 6.45) is 15.3. The van der Waals surface area contributed by atoms with E-state index >= 15 is 0 Å². The lowest BCUT2D eigenvalue weighted by molar-refractivity contribution is -0.149. The normalized spacial score (nSPS) is 34.4. The summed E-state index contributed by atoms with van der Waals surface area (Å²) in [5.74, 6) is 2.83. The summed E-state index contributed by atoms with van der Waals surface area (Å²) in [6.45, 7) is 12.6. The monoisotopic (exact) mass is 566 g/mol. The molecular weight excluding hydrogens is 516 g/mol. The zero-order valence-corrected chi connectivity index (χ0v) is 25.5. The number of aliphatic hydroxyl groups excluding tert-OH is 2. The molecule has 7 atom stereocenters. The van der Waals surface area contributed by atoms with Crippen LogP contribution >= 0.6 is 0 Å². The second-order valence-electron chi connectivity index (χ2n) is 13.7.